The summed E-state index contributed by atoms with van der Waals surface area (Å²) in [5.41, 5.74) is 1.69. The lowest BCUT2D eigenvalue weighted by molar-refractivity contribution is -0.141. The van der Waals surface area contributed by atoms with Crippen LogP contribution in [-0.4, -0.2) is 61.1 Å². The number of likely N-dealkylation sites (tertiary alicyclic amines) is 1. The summed E-state index contributed by atoms with van der Waals surface area (Å²) in [6, 6.07) is 1.41. The third-order valence-corrected chi connectivity index (χ3v) is 6.59. The second-order valence-electron chi connectivity index (χ2n) is 7.87. The molecule has 0 spiro atoms. The molecule has 3 saturated heterocycles. The molecule has 0 aromatic carbocycles. The molecule has 4 heteroatoms. The third-order valence-electron chi connectivity index (χ3n) is 6.59. The fourth-order valence-corrected chi connectivity index (χ4v) is 5.67. The Balaban J connectivity index is 1.52. The van der Waals surface area contributed by atoms with Crippen molar-refractivity contribution in [1.29, 1.82) is 0 Å². The van der Waals surface area contributed by atoms with Gasteiger partial charge in [0.2, 0.25) is 0 Å². The van der Waals surface area contributed by atoms with Gasteiger partial charge in [-0.3, -0.25) is 14.6 Å². The first-order valence-electron chi connectivity index (χ1n) is 9.52. The van der Waals surface area contributed by atoms with Crippen LogP contribution in [0.2, 0.25) is 0 Å². The smallest absolute Gasteiger partial charge is 0.306 e. The number of fused-ring (bicyclic) bond motifs is 6. The molecule has 3 heterocycles. The number of rotatable bonds is 3. The lowest BCUT2D eigenvalue weighted by atomic mass is 9.68. The molecule has 4 nitrogen and oxygen atoms in total. The number of esters is 1. The Bertz CT molecular complexity index is 490. The first-order chi connectivity index (χ1) is 11.3. The van der Waals surface area contributed by atoms with Crippen LogP contribution in [0.5, 0.6) is 0 Å². The summed E-state index contributed by atoms with van der Waals surface area (Å²) < 4.78 is 4.84. The molecule has 0 amide bonds. The number of hydrogen-bond acceptors (Lipinski definition) is 4. The fourth-order valence-electron chi connectivity index (χ4n) is 5.67. The Morgan fingerprint density at radius 1 is 1.30 bits per heavy atom. The average Bonchev–Trinajstić information content (AvgIpc) is 2.59. The van der Waals surface area contributed by atoms with E-state index in [1.165, 1.54) is 58.7 Å². The molecule has 0 radical (unpaired) electrons. The zero-order valence-electron chi connectivity index (χ0n) is 14.4. The van der Waals surface area contributed by atoms with E-state index in [1.807, 2.05) is 0 Å². The van der Waals surface area contributed by atoms with Crippen molar-refractivity contribution < 1.29 is 9.53 Å². The molecule has 4 aliphatic rings. The Hall–Kier alpha value is -0.870. The van der Waals surface area contributed by atoms with Crippen molar-refractivity contribution in [2.24, 2.45) is 11.8 Å². The zero-order valence-corrected chi connectivity index (χ0v) is 14.4. The van der Waals surface area contributed by atoms with Crippen molar-refractivity contribution in [2.75, 3.05) is 33.3 Å². The van der Waals surface area contributed by atoms with Crippen LogP contribution in [0.1, 0.15) is 44.9 Å². The molecule has 0 saturated carbocycles. The van der Waals surface area contributed by atoms with Gasteiger partial charge in [-0.05, 0) is 57.0 Å². The van der Waals surface area contributed by atoms with Crippen molar-refractivity contribution in [1.82, 2.24) is 9.80 Å². The predicted octanol–water partition coefficient (Wildman–Crippen LogP) is 2.44. The molecule has 0 aromatic heterocycles. The molecule has 3 fully saturated rings. The van der Waals surface area contributed by atoms with E-state index in [0.717, 1.165) is 31.0 Å². The number of carbonyl (C=O) groups is 1. The zero-order chi connectivity index (χ0) is 15.8. The van der Waals surface area contributed by atoms with E-state index < -0.39 is 0 Å². The van der Waals surface area contributed by atoms with Gasteiger partial charge in [0.05, 0.1) is 13.5 Å². The van der Waals surface area contributed by atoms with Gasteiger partial charge in [-0.15, -0.1) is 0 Å². The van der Waals surface area contributed by atoms with Gasteiger partial charge in [0.25, 0.3) is 0 Å². The maximum atomic E-state index is 11.5. The van der Waals surface area contributed by atoms with Gasteiger partial charge < -0.3 is 4.74 Å². The van der Waals surface area contributed by atoms with Crippen molar-refractivity contribution in [2.45, 2.75) is 57.0 Å². The van der Waals surface area contributed by atoms with Crippen LogP contribution in [0.4, 0.5) is 0 Å². The molecule has 0 aromatic rings. The summed E-state index contributed by atoms with van der Waals surface area (Å²) >= 11 is 0. The van der Waals surface area contributed by atoms with Gasteiger partial charge in [0.15, 0.2) is 0 Å². The Morgan fingerprint density at radius 2 is 2.22 bits per heavy atom. The highest BCUT2D eigenvalue weighted by atomic mass is 16.5. The van der Waals surface area contributed by atoms with Crippen LogP contribution in [0.3, 0.4) is 0 Å². The molecular weight excluding hydrogens is 288 g/mol. The minimum absolute atomic E-state index is 0.0745. The summed E-state index contributed by atoms with van der Waals surface area (Å²) in [5, 5.41) is 0. The SMILES string of the molecule is COC(=O)CCN1CCCC2=C[C@H]3C[C@H](CN4CCCC[C@H]34)[C@@H]21. The molecular formula is C19H30N2O2. The van der Waals surface area contributed by atoms with E-state index >= 15 is 0 Å². The molecule has 0 unspecified atom stereocenters. The molecule has 2 bridgehead atoms. The highest BCUT2D eigenvalue weighted by molar-refractivity contribution is 5.69. The van der Waals surface area contributed by atoms with Crippen molar-refractivity contribution in [3.63, 3.8) is 0 Å². The number of nitrogens with zero attached hydrogens (tertiary/aromatic N) is 2. The molecule has 4 rings (SSSR count). The van der Waals surface area contributed by atoms with Crippen LogP contribution in [-0.2, 0) is 9.53 Å². The van der Waals surface area contributed by atoms with Crippen LogP contribution < -0.4 is 0 Å². The largest absolute Gasteiger partial charge is 0.469 e. The molecule has 1 aliphatic carbocycles. The highest BCUT2D eigenvalue weighted by Gasteiger charge is 2.45. The van der Waals surface area contributed by atoms with E-state index in [2.05, 4.69) is 15.9 Å². The Morgan fingerprint density at radius 3 is 3.09 bits per heavy atom. The fraction of sp³-hybridized carbons (Fsp3) is 0.842. The Labute approximate surface area is 139 Å². The van der Waals surface area contributed by atoms with Gasteiger partial charge in [-0.1, -0.05) is 18.1 Å². The van der Waals surface area contributed by atoms with E-state index in [9.17, 15) is 4.79 Å². The molecule has 0 N–H and O–H groups in total. The maximum Gasteiger partial charge on any atom is 0.306 e. The monoisotopic (exact) mass is 318 g/mol. The molecule has 23 heavy (non-hydrogen) atoms. The van der Waals surface area contributed by atoms with Crippen molar-refractivity contribution in [3.8, 4) is 0 Å². The third kappa shape index (κ3) is 2.96. The lowest BCUT2D eigenvalue weighted by Crippen LogP contribution is -2.59. The summed E-state index contributed by atoms with van der Waals surface area (Å²) in [5.74, 6) is 1.49. The van der Waals surface area contributed by atoms with E-state index in [-0.39, 0.29) is 5.97 Å². The summed E-state index contributed by atoms with van der Waals surface area (Å²) in [6.07, 6.45) is 11.3. The van der Waals surface area contributed by atoms with Crippen LogP contribution in [0.25, 0.3) is 0 Å². The molecule has 3 aliphatic heterocycles. The van der Waals surface area contributed by atoms with Crippen LogP contribution in [0.15, 0.2) is 11.6 Å². The quantitative estimate of drug-likeness (QED) is 0.591. The second kappa shape index (κ2) is 6.56. The number of piperidine rings is 3. The second-order valence-corrected chi connectivity index (χ2v) is 7.87. The van der Waals surface area contributed by atoms with Gasteiger partial charge in [0.1, 0.15) is 0 Å². The predicted molar refractivity (Wildman–Crippen MR) is 90.1 cm³/mol. The van der Waals surface area contributed by atoms with Crippen molar-refractivity contribution in [3.05, 3.63) is 11.6 Å². The Kier molecular flexibility index (Phi) is 4.46. The lowest BCUT2D eigenvalue weighted by Gasteiger charge is -2.54. The van der Waals surface area contributed by atoms with E-state index in [0.29, 0.717) is 12.5 Å². The minimum atomic E-state index is -0.0745. The summed E-state index contributed by atoms with van der Waals surface area (Å²) in [4.78, 5) is 16.9. The standard InChI is InChI=1S/C19H30N2O2/c1-23-18(22)7-10-20-9-4-5-14-11-15-12-16(19(14)20)13-21-8-3-2-6-17(15)21/h11,15-17,19H,2-10,12-13H2,1H3/t15-,16+,17+,19+/m0/s1. The minimum Gasteiger partial charge on any atom is -0.469 e. The maximum absolute atomic E-state index is 11.5. The van der Waals surface area contributed by atoms with Gasteiger partial charge in [0, 0.05) is 25.2 Å². The number of methoxy groups -OCH3 is 1. The van der Waals surface area contributed by atoms with Gasteiger partial charge >= 0.3 is 5.97 Å². The summed E-state index contributed by atoms with van der Waals surface area (Å²) in [6.45, 7) is 4.58. The molecule has 4 atom stereocenters. The number of ether oxygens (including phenoxy) is 1. The first kappa shape index (κ1) is 15.6. The normalized spacial score (nSPS) is 37.5. The topological polar surface area (TPSA) is 32.8 Å². The average molecular weight is 318 g/mol. The highest BCUT2D eigenvalue weighted by Crippen LogP contribution is 2.44. The summed E-state index contributed by atoms with van der Waals surface area (Å²) in [7, 11) is 1.49. The van der Waals surface area contributed by atoms with Crippen LogP contribution in [0, 0.1) is 11.8 Å². The van der Waals surface area contributed by atoms with E-state index in [1.54, 1.807) is 5.57 Å². The van der Waals surface area contributed by atoms with Crippen LogP contribution >= 0.6 is 0 Å². The number of carbonyl (C=O) groups excluding carboxylic acids is 1. The van der Waals surface area contributed by atoms with Crippen molar-refractivity contribution >= 4 is 5.97 Å². The molecule has 128 valence electrons. The number of hydrogen-bond donors (Lipinski definition) is 0. The van der Waals surface area contributed by atoms with Gasteiger partial charge in [-0.25, -0.2) is 0 Å². The first-order valence-corrected chi connectivity index (χ1v) is 9.52. The van der Waals surface area contributed by atoms with Gasteiger partial charge in [-0.2, -0.15) is 0 Å². The van der Waals surface area contributed by atoms with E-state index in [4.69, 9.17) is 4.74 Å².